The number of esters is 1. The van der Waals surface area contributed by atoms with Crippen molar-refractivity contribution in [2.75, 3.05) is 6.61 Å². The molecule has 0 amide bonds. The van der Waals surface area contributed by atoms with Gasteiger partial charge in [-0.3, -0.25) is 4.79 Å². The minimum atomic E-state index is -1.19. The molecule has 1 rings (SSSR count). The van der Waals surface area contributed by atoms with Crippen LogP contribution in [0, 0.1) is 5.92 Å². The first-order valence-electron chi connectivity index (χ1n) is 7.14. The van der Waals surface area contributed by atoms with Gasteiger partial charge in [0.15, 0.2) is 0 Å². The quantitative estimate of drug-likeness (QED) is 0.761. The number of rotatable bonds is 7. The first kappa shape index (κ1) is 17.2. The maximum Gasteiger partial charge on any atom is 0.312 e. The van der Waals surface area contributed by atoms with Crippen molar-refractivity contribution in [3.63, 3.8) is 0 Å². The molecule has 0 heterocycles. The van der Waals surface area contributed by atoms with Crippen molar-refractivity contribution in [3.05, 3.63) is 34.3 Å². The summed E-state index contributed by atoms with van der Waals surface area (Å²) in [5.41, 5.74) is -0.438. The van der Waals surface area contributed by atoms with Gasteiger partial charge in [-0.25, -0.2) is 0 Å². The van der Waals surface area contributed by atoms with Crippen LogP contribution in [0.15, 0.2) is 28.7 Å². The lowest BCUT2D eigenvalue weighted by Crippen LogP contribution is -2.40. The van der Waals surface area contributed by atoms with E-state index in [2.05, 4.69) is 15.9 Å². The van der Waals surface area contributed by atoms with Crippen LogP contribution in [-0.2, 0) is 15.1 Å². The summed E-state index contributed by atoms with van der Waals surface area (Å²) in [7, 11) is 0. The van der Waals surface area contributed by atoms with Crippen molar-refractivity contribution >= 4 is 21.9 Å². The average Bonchev–Trinajstić information content (AvgIpc) is 2.44. The summed E-state index contributed by atoms with van der Waals surface area (Å²) >= 11 is 3.41. The lowest BCUT2D eigenvalue weighted by atomic mass is 9.77. The van der Waals surface area contributed by atoms with Crippen LogP contribution in [0.25, 0.3) is 0 Å². The van der Waals surface area contributed by atoms with Crippen molar-refractivity contribution in [1.82, 2.24) is 0 Å². The number of hydrogen-bond donors (Lipinski definition) is 1. The molecule has 0 spiro atoms. The molecule has 0 aliphatic carbocycles. The normalized spacial score (nSPS) is 15.4. The maximum atomic E-state index is 12.2. The second-order valence-electron chi connectivity index (χ2n) is 4.88. The van der Waals surface area contributed by atoms with Gasteiger partial charge in [0.05, 0.1) is 12.5 Å². The SMILES string of the molecule is CCCC(C(=O)OCC)C(O)(CC)c1cccc(Br)c1. The zero-order valence-electron chi connectivity index (χ0n) is 12.4. The molecular formula is C16H23BrO3. The highest BCUT2D eigenvalue weighted by molar-refractivity contribution is 9.10. The largest absolute Gasteiger partial charge is 0.466 e. The van der Waals surface area contributed by atoms with Crippen LogP contribution >= 0.6 is 15.9 Å². The molecule has 0 saturated carbocycles. The summed E-state index contributed by atoms with van der Waals surface area (Å²) in [6, 6.07) is 7.49. The molecule has 1 N–H and O–H groups in total. The molecule has 0 radical (unpaired) electrons. The number of hydrogen-bond acceptors (Lipinski definition) is 3. The van der Waals surface area contributed by atoms with E-state index in [9.17, 15) is 9.90 Å². The third-order valence-corrected chi connectivity index (χ3v) is 4.08. The van der Waals surface area contributed by atoms with Gasteiger partial charge in [0.1, 0.15) is 5.60 Å². The molecule has 20 heavy (non-hydrogen) atoms. The Morgan fingerprint density at radius 2 is 2.10 bits per heavy atom. The predicted octanol–water partition coefficient (Wildman–Crippen LogP) is 4.03. The average molecular weight is 343 g/mol. The standard InChI is InChI=1S/C16H23BrO3/c1-4-8-14(15(18)20-6-3)16(19,5-2)12-9-7-10-13(17)11-12/h7,9-11,14,19H,4-6,8H2,1-3H3. The number of aliphatic hydroxyl groups is 1. The van der Waals surface area contributed by atoms with Gasteiger partial charge < -0.3 is 9.84 Å². The molecule has 1 aromatic rings. The number of halogens is 1. The zero-order chi connectivity index (χ0) is 15.2. The molecule has 112 valence electrons. The number of ether oxygens (including phenoxy) is 1. The van der Waals surface area contributed by atoms with Crippen LogP contribution < -0.4 is 0 Å². The van der Waals surface area contributed by atoms with Crippen LogP contribution in [0.3, 0.4) is 0 Å². The van der Waals surface area contributed by atoms with Crippen LogP contribution in [0.2, 0.25) is 0 Å². The Labute approximate surface area is 129 Å². The summed E-state index contributed by atoms with van der Waals surface area (Å²) in [6.45, 7) is 6.01. The lowest BCUT2D eigenvalue weighted by Gasteiger charge is -2.34. The Kier molecular flexibility index (Phi) is 6.69. The Morgan fingerprint density at radius 1 is 1.40 bits per heavy atom. The van der Waals surface area contributed by atoms with Gasteiger partial charge in [-0.1, -0.05) is 48.3 Å². The van der Waals surface area contributed by atoms with E-state index in [1.807, 2.05) is 38.1 Å². The van der Waals surface area contributed by atoms with Crippen molar-refractivity contribution in [2.24, 2.45) is 5.92 Å². The summed E-state index contributed by atoms with van der Waals surface area (Å²) in [4.78, 5) is 12.2. The van der Waals surface area contributed by atoms with Crippen molar-refractivity contribution in [3.8, 4) is 0 Å². The third kappa shape index (κ3) is 3.83. The van der Waals surface area contributed by atoms with Gasteiger partial charge in [-0.2, -0.15) is 0 Å². The van der Waals surface area contributed by atoms with Gasteiger partial charge >= 0.3 is 5.97 Å². The molecule has 0 aliphatic heterocycles. The summed E-state index contributed by atoms with van der Waals surface area (Å²) in [5, 5.41) is 11.1. The number of carbonyl (C=O) groups excluding carboxylic acids is 1. The molecule has 1 aromatic carbocycles. The van der Waals surface area contributed by atoms with E-state index in [1.54, 1.807) is 6.92 Å². The predicted molar refractivity (Wildman–Crippen MR) is 83.4 cm³/mol. The van der Waals surface area contributed by atoms with E-state index in [1.165, 1.54) is 0 Å². The fourth-order valence-corrected chi connectivity index (χ4v) is 2.89. The molecule has 0 bridgehead atoms. The third-order valence-electron chi connectivity index (χ3n) is 3.59. The summed E-state index contributed by atoms with van der Waals surface area (Å²) < 4.78 is 6.04. The molecule has 0 aliphatic rings. The highest BCUT2D eigenvalue weighted by Gasteiger charge is 2.41. The van der Waals surface area contributed by atoms with E-state index >= 15 is 0 Å². The van der Waals surface area contributed by atoms with Gasteiger partial charge in [0.25, 0.3) is 0 Å². The molecule has 4 heteroatoms. The molecule has 0 fully saturated rings. The van der Waals surface area contributed by atoms with Gasteiger partial charge in [-0.15, -0.1) is 0 Å². The number of carbonyl (C=O) groups is 1. The second-order valence-corrected chi connectivity index (χ2v) is 5.80. The lowest BCUT2D eigenvalue weighted by molar-refractivity contribution is -0.160. The van der Waals surface area contributed by atoms with Crippen LogP contribution in [0.1, 0.15) is 45.6 Å². The highest BCUT2D eigenvalue weighted by Crippen LogP contribution is 2.37. The minimum absolute atomic E-state index is 0.321. The molecule has 2 unspecified atom stereocenters. The zero-order valence-corrected chi connectivity index (χ0v) is 13.9. The van der Waals surface area contributed by atoms with E-state index < -0.39 is 11.5 Å². The number of benzene rings is 1. The maximum absolute atomic E-state index is 12.2. The fourth-order valence-electron chi connectivity index (χ4n) is 2.49. The summed E-state index contributed by atoms with van der Waals surface area (Å²) in [5.74, 6) is -0.856. The van der Waals surface area contributed by atoms with Gasteiger partial charge in [0.2, 0.25) is 0 Å². The van der Waals surface area contributed by atoms with Crippen LogP contribution in [0.5, 0.6) is 0 Å². The Hall–Kier alpha value is -0.870. The Morgan fingerprint density at radius 3 is 2.60 bits per heavy atom. The smallest absolute Gasteiger partial charge is 0.312 e. The van der Waals surface area contributed by atoms with Crippen molar-refractivity contribution in [1.29, 1.82) is 0 Å². The van der Waals surface area contributed by atoms with Gasteiger partial charge in [-0.05, 0) is 37.5 Å². The fraction of sp³-hybridized carbons (Fsp3) is 0.562. The van der Waals surface area contributed by atoms with Crippen LogP contribution in [0.4, 0.5) is 0 Å². The molecule has 0 aromatic heterocycles. The Balaban J connectivity index is 3.19. The van der Waals surface area contributed by atoms with E-state index in [0.29, 0.717) is 19.4 Å². The molecule has 0 saturated heterocycles. The highest BCUT2D eigenvalue weighted by atomic mass is 79.9. The summed E-state index contributed by atoms with van der Waals surface area (Å²) in [6.07, 6.45) is 1.89. The first-order chi connectivity index (χ1) is 9.49. The molecule has 3 nitrogen and oxygen atoms in total. The van der Waals surface area contributed by atoms with Crippen molar-refractivity contribution < 1.29 is 14.6 Å². The monoisotopic (exact) mass is 342 g/mol. The van der Waals surface area contributed by atoms with Gasteiger partial charge in [0, 0.05) is 4.47 Å². The van der Waals surface area contributed by atoms with E-state index in [4.69, 9.17) is 4.74 Å². The van der Waals surface area contributed by atoms with E-state index in [-0.39, 0.29) is 5.97 Å². The molecule has 2 atom stereocenters. The minimum Gasteiger partial charge on any atom is -0.466 e. The molecular weight excluding hydrogens is 320 g/mol. The Bertz CT molecular complexity index is 447. The van der Waals surface area contributed by atoms with E-state index in [0.717, 1.165) is 16.5 Å². The first-order valence-corrected chi connectivity index (χ1v) is 7.93. The topological polar surface area (TPSA) is 46.5 Å². The second kappa shape index (κ2) is 7.79. The van der Waals surface area contributed by atoms with Crippen molar-refractivity contribution in [2.45, 2.75) is 45.6 Å². The van der Waals surface area contributed by atoms with Crippen LogP contribution in [-0.4, -0.2) is 17.7 Å².